The molecule has 1 saturated carbocycles. The number of nitrogens with one attached hydrogen (secondary N) is 1. The Kier molecular flexibility index (Phi) is 4.92. The third kappa shape index (κ3) is 3.91. The zero-order chi connectivity index (χ0) is 18.0. The zero-order valence-electron chi connectivity index (χ0n) is 14.3. The van der Waals surface area contributed by atoms with E-state index in [1.807, 2.05) is 30.3 Å². The van der Waals surface area contributed by atoms with Crippen molar-refractivity contribution in [2.45, 2.75) is 23.8 Å². The van der Waals surface area contributed by atoms with Gasteiger partial charge in [0, 0.05) is 19.7 Å². The number of carbonyl (C=O) groups is 1. The molecule has 0 aliphatic heterocycles. The first-order valence-corrected chi connectivity index (χ1v) is 9.72. The highest BCUT2D eigenvalue weighted by Crippen LogP contribution is 2.41. The summed E-state index contributed by atoms with van der Waals surface area (Å²) in [5.41, 5.74) is 1.43. The molecule has 1 amide bonds. The van der Waals surface area contributed by atoms with Crippen molar-refractivity contribution >= 4 is 15.9 Å². The molecule has 2 aromatic rings. The Morgan fingerprint density at radius 1 is 1.08 bits per heavy atom. The first kappa shape index (κ1) is 17.6. The predicted molar refractivity (Wildman–Crippen MR) is 96.7 cm³/mol. The molecule has 2 aromatic carbocycles. The van der Waals surface area contributed by atoms with Crippen LogP contribution in [0.1, 0.15) is 34.8 Å². The third-order valence-corrected chi connectivity index (χ3v) is 6.22. The second kappa shape index (κ2) is 6.98. The van der Waals surface area contributed by atoms with Crippen molar-refractivity contribution < 1.29 is 13.2 Å². The molecule has 25 heavy (non-hydrogen) atoms. The Balaban J connectivity index is 1.84. The highest BCUT2D eigenvalue weighted by molar-refractivity contribution is 7.89. The van der Waals surface area contributed by atoms with E-state index in [9.17, 15) is 13.2 Å². The number of hydrogen-bond acceptors (Lipinski definition) is 3. The minimum absolute atomic E-state index is 0.0391. The molecule has 0 radical (unpaired) electrons. The molecule has 0 saturated heterocycles. The summed E-state index contributed by atoms with van der Waals surface area (Å²) in [4.78, 5) is 12.8. The maximum Gasteiger partial charge on any atom is 0.251 e. The fourth-order valence-corrected chi connectivity index (χ4v) is 3.74. The molecule has 3 rings (SSSR count). The van der Waals surface area contributed by atoms with Gasteiger partial charge in [-0.3, -0.25) is 4.79 Å². The van der Waals surface area contributed by atoms with Crippen molar-refractivity contribution in [3.05, 3.63) is 65.7 Å². The van der Waals surface area contributed by atoms with Crippen molar-refractivity contribution in [3.8, 4) is 0 Å². The molecule has 1 aliphatic rings. The normalized spacial score (nSPS) is 15.8. The number of amides is 1. The number of hydrogen-bond donors (Lipinski definition) is 1. The van der Waals surface area contributed by atoms with Gasteiger partial charge in [0.2, 0.25) is 10.0 Å². The first-order valence-electron chi connectivity index (χ1n) is 8.28. The minimum atomic E-state index is -3.56. The maximum atomic E-state index is 12.7. The smallest absolute Gasteiger partial charge is 0.251 e. The predicted octanol–water partition coefficient (Wildman–Crippen LogP) is 2.82. The Hall–Kier alpha value is -2.18. The van der Waals surface area contributed by atoms with Crippen LogP contribution in [-0.2, 0) is 10.0 Å². The Labute approximate surface area is 148 Å². The lowest BCUT2D eigenvalue weighted by atomic mass is 10.0. The summed E-state index contributed by atoms with van der Waals surface area (Å²) in [7, 11) is -0.619. The molecule has 1 atom stereocenters. The Morgan fingerprint density at radius 3 is 2.36 bits per heavy atom. The highest BCUT2D eigenvalue weighted by Gasteiger charge is 2.33. The van der Waals surface area contributed by atoms with Gasteiger partial charge in [-0.2, -0.15) is 0 Å². The number of carbonyl (C=O) groups excluding carboxylic acids is 1. The molecule has 0 spiro atoms. The highest BCUT2D eigenvalue weighted by atomic mass is 32.2. The van der Waals surface area contributed by atoms with Gasteiger partial charge in [-0.1, -0.05) is 36.4 Å². The van der Waals surface area contributed by atoms with Gasteiger partial charge in [0.1, 0.15) is 0 Å². The van der Waals surface area contributed by atoms with Gasteiger partial charge >= 0.3 is 0 Å². The summed E-state index contributed by atoms with van der Waals surface area (Å²) in [6.07, 6.45) is 2.18. The topological polar surface area (TPSA) is 66.5 Å². The molecule has 1 fully saturated rings. The third-order valence-electron chi connectivity index (χ3n) is 4.41. The zero-order valence-corrected chi connectivity index (χ0v) is 15.2. The summed E-state index contributed by atoms with van der Waals surface area (Å²) in [5, 5.41) is 3.07. The number of rotatable bonds is 6. The fourth-order valence-electron chi connectivity index (χ4n) is 2.80. The summed E-state index contributed by atoms with van der Waals surface area (Å²) in [6, 6.07) is 16.0. The quantitative estimate of drug-likeness (QED) is 0.863. The molecular weight excluding hydrogens is 336 g/mol. The average Bonchev–Trinajstić information content (AvgIpc) is 3.45. The first-order chi connectivity index (χ1) is 11.9. The van der Waals surface area contributed by atoms with Crippen LogP contribution in [0.4, 0.5) is 0 Å². The Morgan fingerprint density at radius 2 is 1.76 bits per heavy atom. The van der Waals surface area contributed by atoms with Crippen molar-refractivity contribution in [1.29, 1.82) is 0 Å². The van der Waals surface area contributed by atoms with Crippen molar-refractivity contribution in [2.75, 3.05) is 14.1 Å². The molecule has 0 bridgehead atoms. The van der Waals surface area contributed by atoms with E-state index in [-0.39, 0.29) is 16.8 Å². The summed E-state index contributed by atoms with van der Waals surface area (Å²) < 4.78 is 25.7. The van der Waals surface area contributed by atoms with Gasteiger partial charge in [-0.05, 0) is 42.5 Å². The van der Waals surface area contributed by atoms with Crippen LogP contribution in [0.25, 0.3) is 0 Å². The molecule has 132 valence electrons. The standard InChI is InChI=1S/C19H22N2O3S/c1-21(2)25(23,24)17-10-6-9-16(13-17)19(22)20-18(15-11-12-15)14-7-4-3-5-8-14/h3-10,13,15,18H,11-12H2,1-2H3,(H,20,22)/t18-/m0/s1. The monoisotopic (exact) mass is 358 g/mol. The van der Waals surface area contributed by atoms with E-state index < -0.39 is 10.0 Å². The van der Waals surface area contributed by atoms with Crippen molar-refractivity contribution in [2.24, 2.45) is 5.92 Å². The lowest BCUT2D eigenvalue weighted by molar-refractivity contribution is 0.0931. The molecule has 6 heteroatoms. The van der Waals surface area contributed by atoms with Gasteiger partial charge in [0.15, 0.2) is 0 Å². The summed E-state index contributed by atoms with van der Waals surface area (Å²) >= 11 is 0. The second-order valence-corrected chi connectivity index (χ2v) is 8.67. The van der Waals surface area contributed by atoms with E-state index in [4.69, 9.17) is 0 Å². The molecule has 0 heterocycles. The van der Waals surface area contributed by atoms with E-state index in [0.717, 1.165) is 22.7 Å². The lowest BCUT2D eigenvalue weighted by Gasteiger charge is -2.19. The average molecular weight is 358 g/mol. The number of sulfonamides is 1. The largest absolute Gasteiger partial charge is 0.345 e. The Bertz CT molecular complexity index is 859. The van der Waals surface area contributed by atoms with Crippen molar-refractivity contribution in [3.63, 3.8) is 0 Å². The van der Waals surface area contributed by atoms with Gasteiger partial charge in [-0.25, -0.2) is 12.7 Å². The van der Waals surface area contributed by atoms with Gasteiger partial charge in [0.25, 0.3) is 5.91 Å². The molecule has 0 aromatic heterocycles. The lowest BCUT2D eigenvalue weighted by Crippen LogP contribution is -2.30. The van der Waals surface area contributed by atoms with Gasteiger partial charge in [0.05, 0.1) is 10.9 Å². The van der Waals surface area contributed by atoms with Crippen LogP contribution in [0.15, 0.2) is 59.5 Å². The van der Waals surface area contributed by atoms with E-state index in [1.165, 1.54) is 26.2 Å². The van der Waals surface area contributed by atoms with E-state index in [2.05, 4.69) is 5.32 Å². The molecule has 0 unspecified atom stereocenters. The molecule has 5 nitrogen and oxygen atoms in total. The van der Waals surface area contributed by atoms with Gasteiger partial charge in [-0.15, -0.1) is 0 Å². The van der Waals surface area contributed by atoms with Crippen LogP contribution in [-0.4, -0.2) is 32.7 Å². The number of benzene rings is 2. The van der Waals surface area contributed by atoms with E-state index in [1.54, 1.807) is 12.1 Å². The van der Waals surface area contributed by atoms with E-state index >= 15 is 0 Å². The van der Waals surface area contributed by atoms with Crippen LogP contribution < -0.4 is 5.32 Å². The second-order valence-electron chi connectivity index (χ2n) is 6.51. The SMILES string of the molecule is CN(C)S(=O)(=O)c1cccc(C(=O)N[C@@H](c2ccccc2)C2CC2)c1. The van der Waals surface area contributed by atoms with Crippen LogP contribution in [0.5, 0.6) is 0 Å². The van der Waals surface area contributed by atoms with Crippen LogP contribution >= 0.6 is 0 Å². The summed E-state index contributed by atoms with van der Waals surface area (Å²) in [6.45, 7) is 0. The van der Waals surface area contributed by atoms with Crippen LogP contribution in [0, 0.1) is 5.92 Å². The number of nitrogens with zero attached hydrogens (tertiary/aromatic N) is 1. The molecule has 1 N–H and O–H groups in total. The van der Waals surface area contributed by atoms with Crippen molar-refractivity contribution in [1.82, 2.24) is 9.62 Å². The summed E-state index contributed by atoms with van der Waals surface area (Å²) in [5.74, 6) is 0.191. The van der Waals surface area contributed by atoms with Crippen LogP contribution in [0.3, 0.4) is 0 Å². The van der Waals surface area contributed by atoms with Gasteiger partial charge < -0.3 is 5.32 Å². The van der Waals surface area contributed by atoms with Crippen LogP contribution in [0.2, 0.25) is 0 Å². The molecule has 1 aliphatic carbocycles. The fraction of sp³-hybridized carbons (Fsp3) is 0.316. The molecular formula is C19H22N2O3S. The minimum Gasteiger partial charge on any atom is -0.345 e. The van der Waals surface area contributed by atoms with E-state index in [0.29, 0.717) is 11.5 Å². The maximum absolute atomic E-state index is 12.7.